The third-order valence-corrected chi connectivity index (χ3v) is 2.36. The van der Waals surface area contributed by atoms with E-state index in [1.807, 2.05) is 18.2 Å². The van der Waals surface area contributed by atoms with Crippen molar-refractivity contribution in [3.8, 4) is 0 Å². The van der Waals surface area contributed by atoms with Crippen molar-refractivity contribution in [1.82, 2.24) is 5.43 Å². The number of nitrogens with zero attached hydrogens (tertiary/aromatic N) is 1. The van der Waals surface area contributed by atoms with Crippen molar-refractivity contribution in [3.63, 3.8) is 0 Å². The van der Waals surface area contributed by atoms with Crippen LogP contribution in [0.25, 0.3) is 0 Å². The van der Waals surface area contributed by atoms with E-state index in [-0.39, 0.29) is 5.96 Å². The highest BCUT2D eigenvalue weighted by molar-refractivity contribution is 5.77. The molecule has 15 heavy (non-hydrogen) atoms. The van der Waals surface area contributed by atoms with Gasteiger partial charge in [0.25, 0.3) is 0 Å². The number of hydrogen-bond donors (Lipinski definition) is 3. The monoisotopic (exact) mass is 206 g/mol. The zero-order valence-electron chi connectivity index (χ0n) is 8.98. The van der Waals surface area contributed by atoms with Crippen molar-refractivity contribution < 1.29 is 0 Å². The second kappa shape index (κ2) is 6.03. The second-order valence-electron chi connectivity index (χ2n) is 3.51. The summed E-state index contributed by atoms with van der Waals surface area (Å²) in [7, 11) is 0. The first-order valence-electron chi connectivity index (χ1n) is 5.05. The molecule has 0 saturated carbocycles. The molecule has 0 heterocycles. The van der Waals surface area contributed by atoms with Gasteiger partial charge in [-0.15, -0.1) is 0 Å². The molecule has 1 aromatic carbocycles. The maximum Gasteiger partial charge on any atom is 0.203 e. The van der Waals surface area contributed by atoms with E-state index < -0.39 is 0 Å². The summed E-state index contributed by atoms with van der Waals surface area (Å²) in [6.45, 7) is 2.86. The minimum absolute atomic E-state index is 0.287. The van der Waals surface area contributed by atoms with E-state index in [0.717, 1.165) is 6.42 Å². The predicted octanol–water partition coefficient (Wildman–Crippen LogP) is 0.958. The molecule has 0 spiro atoms. The van der Waals surface area contributed by atoms with E-state index in [2.05, 4.69) is 29.5 Å². The lowest BCUT2D eigenvalue weighted by molar-refractivity contribution is 0.688. The highest BCUT2D eigenvalue weighted by atomic mass is 15.3. The first kappa shape index (κ1) is 11.5. The van der Waals surface area contributed by atoms with Crippen LogP contribution in [0, 0.1) is 0 Å². The standard InChI is InChI=1S/C11H18N4/c1-9(7-8-14-11(12)15-13)10-5-3-2-4-6-10/h2-6,9H,7-8,13H2,1H3,(H3,12,14,15). The van der Waals surface area contributed by atoms with E-state index in [0.29, 0.717) is 12.5 Å². The molecule has 0 fully saturated rings. The average molecular weight is 206 g/mol. The molecule has 82 valence electrons. The molecule has 4 heteroatoms. The summed E-state index contributed by atoms with van der Waals surface area (Å²) in [5, 5.41) is 0. The van der Waals surface area contributed by atoms with E-state index in [1.54, 1.807) is 0 Å². The largest absolute Gasteiger partial charge is 0.369 e. The number of rotatable bonds is 4. The summed E-state index contributed by atoms with van der Waals surface area (Å²) in [6.07, 6.45) is 0.965. The number of aliphatic imine (C=N–C) groups is 1. The van der Waals surface area contributed by atoms with Gasteiger partial charge in [0.1, 0.15) is 0 Å². The van der Waals surface area contributed by atoms with Crippen molar-refractivity contribution in [2.45, 2.75) is 19.3 Å². The van der Waals surface area contributed by atoms with E-state index in [4.69, 9.17) is 11.6 Å². The first-order chi connectivity index (χ1) is 7.24. The Kier molecular flexibility index (Phi) is 4.63. The van der Waals surface area contributed by atoms with Gasteiger partial charge in [0.15, 0.2) is 0 Å². The van der Waals surface area contributed by atoms with Gasteiger partial charge in [-0.3, -0.25) is 10.4 Å². The Morgan fingerprint density at radius 1 is 1.40 bits per heavy atom. The van der Waals surface area contributed by atoms with Gasteiger partial charge in [0.05, 0.1) is 0 Å². The summed E-state index contributed by atoms with van der Waals surface area (Å²) in [5.41, 5.74) is 9.04. The molecule has 0 bridgehead atoms. The fraction of sp³-hybridized carbons (Fsp3) is 0.364. The fourth-order valence-electron chi connectivity index (χ4n) is 1.37. The second-order valence-corrected chi connectivity index (χ2v) is 3.51. The molecule has 1 unspecified atom stereocenters. The van der Waals surface area contributed by atoms with Crippen LogP contribution in [-0.4, -0.2) is 12.5 Å². The Morgan fingerprint density at radius 3 is 2.67 bits per heavy atom. The van der Waals surface area contributed by atoms with Crippen LogP contribution in [-0.2, 0) is 0 Å². The molecule has 0 aliphatic rings. The van der Waals surface area contributed by atoms with Gasteiger partial charge in [0, 0.05) is 6.54 Å². The lowest BCUT2D eigenvalue weighted by Crippen LogP contribution is -2.37. The van der Waals surface area contributed by atoms with Crippen LogP contribution in [0.2, 0.25) is 0 Å². The van der Waals surface area contributed by atoms with Gasteiger partial charge in [-0.2, -0.15) is 0 Å². The van der Waals surface area contributed by atoms with Crippen LogP contribution in [0.15, 0.2) is 35.3 Å². The zero-order chi connectivity index (χ0) is 11.1. The normalized spacial score (nSPS) is 13.6. The molecular weight excluding hydrogens is 188 g/mol. The average Bonchev–Trinajstić information content (AvgIpc) is 2.29. The minimum atomic E-state index is 0.287. The Hall–Kier alpha value is -1.55. The molecule has 4 nitrogen and oxygen atoms in total. The van der Waals surface area contributed by atoms with E-state index >= 15 is 0 Å². The van der Waals surface area contributed by atoms with Gasteiger partial charge >= 0.3 is 0 Å². The van der Waals surface area contributed by atoms with Gasteiger partial charge in [-0.05, 0) is 17.9 Å². The molecule has 0 aromatic heterocycles. The Labute approximate surface area is 90.4 Å². The molecule has 5 N–H and O–H groups in total. The number of nitrogens with one attached hydrogen (secondary N) is 1. The number of hydrogen-bond acceptors (Lipinski definition) is 2. The maximum absolute atomic E-state index is 5.41. The van der Waals surface area contributed by atoms with Crippen LogP contribution in [0.3, 0.4) is 0 Å². The van der Waals surface area contributed by atoms with Gasteiger partial charge in [-0.1, -0.05) is 37.3 Å². The van der Waals surface area contributed by atoms with Gasteiger partial charge in [0.2, 0.25) is 5.96 Å². The third kappa shape index (κ3) is 3.99. The smallest absolute Gasteiger partial charge is 0.203 e. The predicted molar refractivity (Wildman–Crippen MR) is 63.3 cm³/mol. The van der Waals surface area contributed by atoms with Crippen LogP contribution in [0.1, 0.15) is 24.8 Å². The summed E-state index contributed by atoms with van der Waals surface area (Å²) in [5.74, 6) is 5.87. The molecule has 0 amide bonds. The molecule has 0 saturated heterocycles. The lowest BCUT2D eigenvalue weighted by Gasteiger charge is -2.09. The van der Waals surface area contributed by atoms with E-state index in [1.165, 1.54) is 5.56 Å². The third-order valence-electron chi connectivity index (χ3n) is 2.36. The van der Waals surface area contributed by atoms with Crippen molar-refractivity contribution in [2.24, 2.45) is 16.6 Å². The number of nitrogens with two attached hydrogens (primary N) is 2. The van der Waals surface area contributed by atoms with Crippen LogP contribution >= 0.6 is 0 Å². The number of hydrazine groups is 1. The topological polar surface area (TPSA) is 76.4 Å². The number of benzene rings is 1. The summed E-state index contributed by atoms with van der Waals surface area (Å²) < 4.78 is 0. The Bertz CT molecular complexity index is 308. The minimum Gasteiger partial charge on any atom is -0.369 e. The highest BCUT2D eigenvalue weighted by Gasteiger charge is 2.03. The summed E-state index contributed by atoms with van der Waals surface area (Å²) in [4.78, 5) is 4.07. The molecule has 0 aliphatic heterocycles. The van der Waals surface area contributed by atoms with Gasteiger partial charge < -0.3 is 5.73 Å². The molecular formula is C11H18N4. The van der Waals surface area contributed by atoms with Crippen molar-refractivity contribution >= 4 is 5.96 Å². The van der Waals surface area contributed by atoms with Crippen LogP contribution in [0.5, 0.6) is 0 Å². The number of guanidine groups is 1. The van der Waals surface area contributed by atoms with Crippen molar-refractivity contribution in [3.05, 3.63) is 35.9 Å². The molecule has 1 atom stereocenters. The van der Waals surface area contributed by atoms with Crippen LogP contribution in [0.4, 0.5) is 0 Å². The quantitative estimate of drug-likeness (QED) is 0.297. The Balaban J connectivity index is 2.40. The van der Waals surface area contributed by atoms with Crippen LogP contribution < -0.4 is 17.0 Å². The summed E-state index contributed by atoms with van der Waals surface area (Å²) >= 11 is 0. The summed E-state index contributed by atoms with van der Waals surface area (Å²) in [6, 6.07) is 10.4. The molecule has 1 rings (SSSR count). The first-order valence-corrected chi connectivity index (χ1v) is 5.05. The fourth-order valence-corrected chi connectivity index (χ4v) is 1.37. The lowest BCUT2D eigenvalue weighted by atomic mass is 9.98. The zero-order valence-corrected chi connectivity index (χ0v) is 8.98. The van der Waals surface area contributed by atoms with E-state index in [9.17, 15) is 0 Å². The maximum atomic E-state index is 5.41. The SMILES string of the molecule is CC(CCN=C(N)NN)c1ccccc1. The molecule has 0 radical (unpaired) electrons. The Morgan fingerprint density at radius 2 is 2.07 bits per heavy atom. The highest BCUT2D eigenvalue weighted by Crippen LogP contribution is 2.17. The van der Waals surface area contributed by atoms with Gasteiger partial charge in [-0.25, -0.2) is 5.84 Å². The molecule has 0 aliphatic carbocycles. The van der Waals surface area contributed by atoms with Crippen molar-refractivity contribution in [2.75, 3.05) is 6.54 Å². The molecule has 1 aromatic rings. The van der Waals surface area contributed by atoms with Crippen molar-refractivity contribution in [1.29, 1.82) is 0 Å².